The largest absolute Gasteiger partial charge is 0.328 e. The summed E-state index contributed by atoms with van der Waals surface area (Å²) in [6.45, 7) is 2.02. The molecule has 0 aliphatic carbocycles. The third-order valence-corrected chi connectivity index (χ3v) is 3.88. The number of benzene rings is 3. The molecule has 2 nitrogen and oxygen atoms in total. The molecular formula is C21H19NO. The van der Waals surface area contributed by atoms with Crippen molar-refractivity contribution >= 4 is 12.1 Å². The Morgan fingerprint density at radius 3 is 2.43 bits per heavy atom. The Balaban J connectivity index is 1.95. The first-order valence-corrected chi connectivity index (χ1v) is 7.70. The quantitative estimate of drug-likeness (QED) is 0.672. The number of aryl methyl sites for hydroxylation is 1. The Morgan fingerprint density at radius 2 is 1.65 bits per heavy atom. The summed E-state index contributed by atoms with van der Waals surface area (Å²) in [5, 5.41) is 2.80. The molecule has 0 bridgehead atoms. The zero-order chi connectivity index (χ0) is 16.1. The topological polar surface area (TPSA) is 29.1 Å². The molecule has 0 unspecified atom stereocenters. The van der Waals surface area contributed by atoms with Gasteiger partial charge in [0.2, 0.25) is 6.41 Å². The number of rotatable bonds is 5. The van der Waals surface area contributed by atoms with Crippen LogP contribution in [-0.2, 0) is 11.2 Å². The van der Waals surface area contributed by atoms with E-state index in [0.717, 1.165) is 35.2 Å². The Labute approximate surface area is 136 Å². The van der Waals surface area contributed by atoms with Crippen LogP contribution in [0.5, 0.6) is 0 Å². The summed E-state index contributed by atoms with van der Waals surface area (Å²) in [5.74, 6) is 0. The minimum atomic E-state index is 0.728. The number of anilines is 1. The third-order valence-electron chi connectivity index (χ3n) is 3.88. The molecular weight excluding hydrogens is 282 g/mol. The van der Waals surface area contributed by atoms with Gasteiger partial charge in [0.1, 0.15) is 0 Å². The van der Waals surface area contributed by atoms with Crippen molar-refractivity contribution in [1.29, 1.82) is 0 Å². The highest BCUT2D eigenvalue weighted by atomic mass is 16.1. The SMILES string of the molecule is Cc1ccc(-c2cccc(Cc3ccccc3)c2)c(NC=O)c1. The van der Waals surface area contributed by atoms with E-state index in [4.69, 9.17) is 0 Å². The van der Waals surface area contributed by atoms with Gasteiger partial charge in [-0.2, -0.15) is 0 Å². The van der Waals surface area contributed by atoms with Crippen LogP contribution >= 0.6 is 0 Å². The van der Waals surface area contributed by atoms with Crippen molar-refractivity contribution in [2.24, 2.45) is 0 Å². The Hall–Kier alpha value is -2.87. The maximum absolute atomic E-state index is 10.9. The monoisotopic (exact) mass is 301 g/mol. The zero-order valence-corrected chi connectivity index (χ0v) is 13.1. The number of hydrogen-bond acceptors (Lipinski definition) is 1. The molecule has 3 aromatic rings. The lowest BCUT2D eigenvalue weighted by Gasteiger charge is -2.11. The van der Waals surface area contributed by atoms with Gasteiger partial charge in [0.15, 0.2) is 0 Å². The highest BCUT2D eigenvalue weighted by Gasteiger charge is 2.06. The van der Waals surface area contributed by atoms with Gasteiger partial charge in [-0.05, 0) is 41.7 Å². The van der Waals surface area contributed by atoms with Gasteiger partial charge >= 0.3 is 0 Å². The normalized spacial score (nSPS) is 10.3. The van der Waals surface area contributed by atoms with Gasteiger partial charge in [-0.25, -0.2) is 0 Å². The summed E-state index contributed by atoms with van der Waals surface area (Å²) in [7, 11) is 0. The van der Waals surface area contributed by atoms with E-state index in [1.807, 2.05) is 19.1 Å². The molecule has 0 radical (unpaired) electrons. The van der Waals surface area contributed by atoms with Crippen LogP contribution in [0, 0.1) is 6.92 Å². The predicted octanol–water partition coefficient (Wildman–Crippen LogP) is 4.82. The minimum Gasteiger partial charge on any atom is -0.328 e. The molecule has 0 spiro atoms. The van der Waals surface area contributed by atoms with Gasteiger partial charge in [0.25, 0.3) is 0 Å². The number of nitrogens with one attached hydrogen (secondary N) is 1. The fourth-order valence-corrected chi connectivity index (χ4v) is 2.77. The van der Waals surface area contributed by atoms with Gasteiger partial charge in [0.05, 0.1) is 0 Å². The molecule has 23 heavy (non-hydrogen) atoms. The zero-order valence-electron chi connectivity index (χ0n) is 13.1. The van der Waals surface area contributed by atoms with Gasteiger partial charge in [-0.1, -0.05) is 66.7 Å². The lowest BCUT2D eigenvalue weighted by Crippen LogP contribution is -1.97. The van der Waals surface area contributed by atoms with E-state index in [9.17, 15) is 4.79 Å². The molecule has 0 aromatic heterocycles. The van der Waals surface area contributed by atoms with Crippen LogP contribution in [0.4, 0.5) is 5.69 Å². The second-order valence-corrected chi connectivity index (χ2v) is 5.67. The molecule has 3 aromatic carbocycles. The molecule has 0 heterocycles. The maximum atomic E-state index is 10.9. The highest BCUT2D eigenvalue weighted by Crippen LogP contribution is 2.29. The first kappa shape index (κ1) is 15.0. The van der Waals surface area contributed by atoms with Crippen molar-refractivity contribution in [2.45, 2.75) is 13.3 Å². The molecule has 0 atom stereocenters. The first-order valence-electron chi connectivity index (χ1n) is 7.70. The van der Waals surface area contributed by atoms with Crippen molar-refractivity contribution in [3.8, 4) is 11.1 Å². The lowest BCUT2D eigenvalue weighted by molar-refractivity contribution is -0.105. The Bertz CT molecular complexity index is 809. The van der Waals surface area contributed by atoms with Crippen LogP contribution in [-0.4, -0.2) is 6.41 Å². The summed E-state index contributed by atoms with van der Waals surface area (Å²) >= 11 is 0. The number of amides is 1. The molecule has 0 aliphatic rings. The average Bonchev–Trinajstić information content (AvgIpc) is 2.56. The van der Waals surface area contributed by atoms with Crippen molar-refractivity contribution in [1.82, 2.24) is 0 Å². The lowest BCUT2D eigenvalue weighted by atomic mass is 9.97. The van der Waals surface area contributed by atoms with Crippen LogP contribution < -0.4 is 5.32 Å². The highest BCUT2D eigenvalue weighted by molar-refractivity contribution is 5.85. The molecule has 0 fully saturated rings. The Morgan fingerprint density at radius 1 is 0.870 bits per heavy atom. The van der Waals surface area contributed by atoms with Crippen LogP contribution in [0.3, 0.4) is 0 Å². The Kier molecular flexibility index (Phi) is 4.53. The first-order chi connectivity index (χ1) is 11.3. The van der Waals surface area contributed by atoms with Crippen molar-refractivity contribution < 1.29 is 4.79 Å². The van der Waals surface area contributed by atoms with Gasteiger partial charge in [-0.3, -0.25) is 4.79 Å². The maximum Gasteiger partial charge on any atom is 0.211 e. The van der Waals surface area contributed by atoms with E-state index < -0.39 is 0 Å². The van der Waals surface area contributed by atoms with Gasteiger partial charge in [0, 0.05) is 11.3 Å². The van der Waals surface area contributed by atoms with E-state index in [0.29, 0.717) is 0 Å². The second-order valence-electron chi connectivity index (χ2n) is 5.67. The average molecular weight is 301 g/mol. The van der Waals surface area contributed by atoms with E-state index in [1.165, 1.54) is 11.1 Å². The fraction of sp³-hybridized carbons (Fsp3) is 0.0952. The summed E-state index contributed by atoms with van der Waals surface area (Å²) in [6.07, 6.45) is 1.63. The molecule has 2 heteroatoms. The predicted molar refractivity (Wildman–Crippen MR) is 95.5 cm³/mol. The number of carbonyl (C=O) groups is 1. The number of hydrogen-bond donors (Lipinski definition) is 1. The van der Waals surface area contributed by atoms with Crippen molar-refractivity contribution in [2.75, 3.05) is 5.32 Å². The molecule has 3 rings (SSSR count). The summed E-state index contributed by atoms with van der Waals surface area (Å²) in [4.78, 5) is 10.9. The molecule has 1 amide bonds. The van der Waals surface area contributed by atoms with Crippen molar-refractivity contribution in [3.05, 3.63) is 89.5 Å². The second kappa shape index (κ2) is 6.93. The van der Waals surface area contributed by atoms with E-state index in [-0.39, 0.29) is 0 Å². The molecule has 0 saturated carbocycles. The van der Waals surface area contributed by atoms with Gasteiger partial charge in [-0.15, -0.1) is 0 Å². The molecule has 1 N–H and O–H groups in total. The molecule has 0 saturated heterocycles. The van der Waals surface area contributed by atoms with Crippen LogP contribution in [0.15, 0.2) is 72.8 Å². The van der Waals surface area contributed by atoms with Crippen LogP contribution in [0.25, 0.3) is 11.1 Å². The van der Waals surface area contributed by atoms with Crippen LogP contribution in [0.1, 0.15) is 16.7 Å². The van der Waals surface area contributed by atoms with Gasteiger partial charge < -0.3 is 5.32 Å². The molecule has 0 aliphatic heterocycles. The summed E-state index contributed by atoms with van der Waals surface area (Å²) in [6, 6.07) is 25.0. The number of carbonyl (C=O) groups excluding carboxylic acids is 1. The standard InChI is InChI=1S/C21H19NO/c1-16-10-11-20(21(12-16)22-15-23)19-9-5-8-18(14-19)13-17-6-3-2-4-7-17/h2-12,14-15H,13H2,1H3,(H,22,23). The summed E-state index contributed by atoms with van der Waals surface area (Å²) in [5.41, 5.74) is 6.67. The molecule has 114 valence electrons. The van der Waals surface area contributed by atoms with E-state index >= 15 is 0 Å². The van der Waals surface area contributed by atoms with E-state index in [2.05, 4.69) is 66.0 Å². The van der Waals surface area contributed by atoms with Crippen LogP contribution in [0.2, 0.25) is 0 Å². The minimum absolute atomic E-state index is 0.728. The summed E-state index contributed by atoms with van der Waals surface area (Å²) < 4.78 is 0. The van der Waals surface area contributed by atoms with E-state index in [1.54, 1.807) is 0 Å². The fourth-order valence-electron chi connectivity index (χ4n) is 2.77. The third kappa shape index (κ3) is 3.67. The smallest absolute Gasteiger partial charge is 0.211 e. The van der Waals surface area contributed by atoms with Crippen molar-refractivity contribution in [3.63, 3.8) is 0 Å².